The Balaban J connectivity index is 1.50. The van der Waals surface area contributed by atoms with Crippen molar-refractivity contribution in [3.63, 3.8) is 0 Å². The number of aliphatic hydroxyl groups is 1. The summed E-state index contributed by atoms with van der Waals surface area (Å²) in [7, 11) is -3.63. The number of nitrogens with one attached hydrogen (secondary N) is 1. The molecule has 2 aromatic rings. The van der Waals surface area contributed by atoms with Crippen LogP contribution in [0.25, 0.3) is 11.1 Å². The Bertz CT molecular complexity index is 1340. The van der Waals surface area contributed by atoms with E-state index >= 15 is 4.39 Å². The molecule has 4 atom stereocenters. The Hall–Kier alpha value is -2.43. The van der Waals surface area contributed by atoms with Gasteiger partial charge in [0.15, 0.2) is 0 Å². The van der Waals surface area contributed by atoms with Crippen molar-refractivity contribution in [3.8, 4) is 11.1 Å². The summed E-state index contributed by atoms with van der Waals surface area (Å²) in [6.07, 6.45) is 1.16. The number of hydrogen-bond acceptors (Lipinski definition) is 4. The third-order valence-electron chi connectivity index (χ3n) is 7.95. The van der Waals surface area contributed by atoms with Crippen molar-refractivity contribution in [1.29, 1.82) is 0 Å². The predicted molar refractivity (Wildman–Crippen MR) is 132 cm³/mol. The van der Waals surface area contributed by atoms with Gasteiger partial charge in [0.1, 0.15) is 23.1 Å². The third kappa shape index (κ3) is 4.79. The SMILES string of the molecule is CCS(=O)(=O)N[C@@H]1[C@H]2C[C@H]2N(C(=O)C2(O)CC(C)(C)C2)[C@@H]1Cc1cccc(-c2cc(F)cc(F)c2)c1F. The largest absolute Gasteiger partial charge is 0.380 e. The fourth-order valence-electron chi connectivity index (χ4n) is 6.41. The summed E-state index contributed by atoms with van der Waals surface area (Å²) in [5.74, 6) is -3.09. The fraction of sp³-hybridized carbons (Fsp3) is 0.519. The third-order valence-corrected chi connectivity index (χ3v) is 9.34. The molecule has 0 spiro atoms. The Morgan fingerprint density at radius 3 is 2.38 bits per heavy atom. The zero-order chi connectivity index (χ0) is 26.9. The summed E-state index contributed by atoms with van der Waals surface area (Å²) in [6.45, 7) is 5.44. The van der Waals surface area contributed by atoms with E-state index in [9.17, 15) is 27.1 Å². The molecule has 5 rings (SSSR count). The highest BCUT2D eigenvalue weighted by molar-refractivity contribution is 7.89. The van der Waals surface area contributed by atoms with Gasteiger partial charge in [-0.2, -0.15) is 0 Å². The minimum atomic E-state index is -3.63. The molecule has 200 valence electrons. The number of amides is 1. The zero-order valence-electron chi connectivity index (χ0n) is 21.0. The van der Waals surface area contributed by atoms with E-state index in [1.54, 1.807) is 11.0 Å². The number of fused-ring (bicyclic) bond motifs is 1. The van der Waals surface area contributed by atoms with Crippen LogP contribution in [0.4, 0.5) is 13.2 Å². The predicted octanol–water partition coefficient (Wildman–Crippen LogP) is 3.77. The lowest BCUT2D eigenvalue weighted by Crippen LogP contribution is -2.62. The van der Waals surface area contributed by atoms with E-state index in [-0.39, 0.29) is 46.2 Å². The number of rotatable bonds is 7. The summed E-state index contributed by atoms with van der Waals surface area (Å²) in [4.78, 5) is 15.2. The van der Waals surface area contributed by atoms with Crippen LogP contribution in [0, 0.1) is 28.8 Å². The summed E-state index contributed by atoms with van der Waals surface area (Å²) in [5, 5.41) is 11.1. The number of piperidine rings is 1. The lowest BCUT2D eigenvalue weighted by molar-refractivity contribution is -0.178. The first-order valence-corrected chi connectivity index (χ1v) is 14.2. The number of carbonyl (C=O) groups is 1. The molecule has 6 nitrogen and oxygen atoms in total. The molecule has 3 fully saturated rings. The number of likely N-dealkylation sites (tertiary alicyclic amines) is 1. The van der Waals surface area contributed by atoms with Gasteiger partial charge in [-0.1, -0.05) is 32.0 Å². The lowest BCUT2D eigenvalue weighted by atomic mass is 9.61. The number of hydrogen-bond donors (Lipinski definition) is 2. The molecule has 2 saturated carbocycles. The maximum Gasteiger partial charge on any atom is 0.255 e. The van der Waals surface area contributed by atoms with Gasteiger partial charge in [0, 0.05) is 23.7 Å². The number of carbonyl (C=O) groups excluding carboxylic acids is 1. The van der Waals surface area contributed by atoms with Gasteiger partial charge in [0.05, 0.1) is 11.8 Å². The van der Waals surface area contributed by atoms with Gasteiger partial charge < -0.3 is 10.0 Å². The second-order valence-electron chi connectivity index (χ2n) is 11.5. The van der Waals surface area contributed by atoms with Crippen LogP contribution in [0.5, 0.6) is 0 Å². The topological polar surface area (TPSA) is 86.7 Å². The summed E-state index contributed by atoms with van der Waals surface area (Å²) < 4.78 is 71.1. The van der Waals surface area contributed by atoms with Crippen molar-refractivity contribution in [2.24, 2.45) is 11.3 Å². The highest BCUT2D eigenvalue weighted by atomic mass is 32.2. The minimum Gasteiger partial charge on any atom is -0.380 e. The molecule has 1 heterocycles. The summed E-state index contributed by atoms with van der Waals surface area (Å²) in [5.41, 5.74) is -1.50. The number of sulfonamides is 1. The molecule has 2 aliphatic carbocycles. The smallest absolute Gasteiger partial charge is 0.255 e. The monoisotopic (exact) mass is 536 g/mol. The van der Waals surface area contributed by atoms with Gasteiger partial charge in [-0.05, 0) is 67.2 Å². The first kappa shape index (κ1) is 26.2. The maximum absolute atomic E-state index is 15.7. The quantitative estimate of drug-likeness (QED) is 0.564. The molecule has 1 aliphatic heterocycles. The van der Waals surface area contributed by atoms with Crippen LogP contribution in [0.2, 0.25) is 0 Å². The van der Waals surface area contributed by atoms with Crippen LogP contribution < -0.4 is 4.72 Å². The molecule has 0 radical (unpaired) electrons. The van der Waals surface area contributed by atoms with Gasteiger partial charge in [-0.25, -0.2) is 26.3 Å². The number of halogens is 3. The van der Waals surface area contributed by atoms with Crippen molar-refractivity contribution in [2.45, 2.75) is 70.2 Å². The molecular weight excluding hydrogens is 505 g/mol. The van der Waals surface area contributed by atoms with E-state index in [1.807, 2.05) is 13.8 Å². The Morgan fingerprint density at radius 1 is 1.14 bits per heavy atom. The van der Waals surface area contributed by atoms with Crippen LogP contribution in [0.3, 0.4) is 0 Å². The van der Waals surface area contributed by atoms with Crippen molar-refractivity contribution < 1.29 is 31.5 Å². The standard InChI is InChI=1S/C27H31F3N2O4S/c1-4-37(35,36)31-24-20-12-21(20)32(25(33)27(34)13-26(2,3)14-27)22(24)10-15-6-5-7-19(23(15)30)16-8-17(28)11-18(29)9-16/h5-9,11,20-22,24,31,34H,4,10,12-14H2,1-3H3/t20-,21+,22+,24+/m0/s1. The molecule has 0 unspecified atom stereocenters. The average Bonchev–Trinajstić information content (AvgIpc) is 3.51. The first-order valence-electron chi connectivity index (χ1n) is 12.5. The van der Waals surface area contributed by atoms with Gasteiger partial charge in [-0.3, -0.25) is 4.79 Å². The Kier molecular flexibility index (Phi) is 6.24. The first-order chi connectivity index (χ1) is 17.2. The van der Waals surface area contributed by atoms with E-state index in [0.29, 0.717) is 25.3 Å². The van der Waals surface area contributed by atoms with Crippen LogP contribution in [0.1, 0.15) is 45.6 Å². The number of nitrogens with zero attached hydrogens (tertiary/aromatic N) is 1. The normalized spacial score (nSPS) is 27.5. The molecule has 1 saturated heterocycles. The van der Waals surface area contributed by atoms with Crippen molar-refractivity contribution >= 4 is 15.9 Å². The van der Waals surface area contributed by atoms with Gasteiger partial charge in [0.2, 0.25) is 10.0 Å². The molecule has 37 heavy (non-hydrogen) atoms. The second-order valence-corrected chi connectivity index (χ2v) is 13.5. The fourth-order valence-corrected chi connectivity index (χ4v) is 7.32. The Morgan fingerprint density at radius 2 is 1.78 bits per heavy atom. The minimum absolute atomic E-state index is 0.00185. The highest BCUT2D eigenvalue weighted by Gasteiger charge is 2.65. The van der Waals surface area contributed by atoms with Gasteiger partial charge in [0.25, 0.3) is 5.91 Å². The van der Waals surface area contributed by atoms with Crippen molar-refractivity contribution in [3.05, 3.63) is 59.4 Å². The van der Waals surface area contributed by atoms with E-state index in [1.165, 1.54) is 19.1 Å². The van der Waals surface area contributed by atoms with Crippen LogP contribution >= 0.6 is 0 Å². The Labute approximate surface area is 214 Å². The van der Waals surface area contributed by atoms with Gasteiger partial charge in [-0.15, -0.1) is 0 Å². The molecular formula is C27H31F3N2O4S. The highest BCUT2D eigenvalue weighted by Crippen LogP contribution is 2.54. The van der Waals surface area contributed by atoms with E-state index in [2.05, 4.69) is 4.72 Å². The molecule has 0 bridgehead atoms. The molecule has 0 aromatic heterocycles. The zero-order valence-corrected chi connectivity index (χ0v) is 21.8. The molecule has 3 aliphatic rings. The van der Waals surface area contributed by atoms with Crippen LogP contribution in [0.15, 0.2) is 36.4 Å². The molecule has 2 N–H and O–H groups in total. The average molecular weight is 537 g/mol. The van der Waals surface area contributed by atoms with Crippen LogP contribution in [-0.2, 0) is 21.2 Å². The molecule has 2 aromatic carbocycles. The van der Waals surface area contributed by atoms with Crippen molar-refractivity contribution in [1.82, 2.24) is 9.62 Å². The summed E-state index contributed by atoms with van der Waals surface area (Å²) in [6, 6.07) is 5.69. The molecule has 10 heteroatoms. The van der Waals surface area contributed by atoms with E-state index < -0.39 is 51.1 Å². The lowest BCUT2D eigenvalue weighted by Gasteiger charge is -2.50. The van der Waals surface area contributed by atoms with Crippen LogP contribution in [-0.4, -0.2) is 53.8 Å². The maximum atomic E-state index is 15.7. The second kappa shape index (κ2) is 8.81. The number of benzene rings is 2. The van der Waals surface area contributed by atoms with Gasteiger partial charge >= 0.3 is 0 Å². The van der Waals surface area contributed by atoms with E-state index in [0.717, 1.165) is 12.1 Å². The molecule has 1 amide bonds. The van der Waals surface area contributed by atoms with Crippen molar-refractivity contribution in [2.75, 3.05) is 5.75 Å². The van der Waals surface area contributed by atoms with E-state index in [4.69, 9.17) is 0 Å². The summed E-state index contributed by atoms with van der Waals surface area (Å²) >= 11 is 0.